The van der Waals surface area contributed by atoms with Gasteiger partial charge in [0.15, 0.2) is 0 Å². The van der Waals surface area contributed by atoms with Crippen molar-refractivity contribution in [1.29, 1.82) is 0 Å². The van der Waals surface area contributed by atoms with Crippen molar-refractivity contribution in [2.75, 3.05) is 6.54 Å². The maximum atomic E-state index is 11.6. The lowest BCUT2D eigenvalue weighted by atomic mass is 9.90. The van der Waals surface area contributed by atoms with Crippen LogP contribution in [-0.2, 0) is 0 Å². The van der Waals surface area contributed by atoms with E-state index >= 15 is 0 Å². The average molecular weight is 261 g/mol. The van der Waals surface area contributed by atoms with Gasteiger partial charge in [-0.2, -0.15) is 0 Å². The largest absolute Gasteiger partial charge is 0.350 e. The predicted molar refractivity (Wildman–Crippen MR) is 68.2 cm³/mol. The number of carbonyl (C=O) groups excluding carboxylic acids is 1. The molecule has 0 radical (unpaired) electrons. The third kappa shape index (κ3) is 4.94. The zero-order valence-corrected chi connectivity index (χ0v) is 11.4. The Morgan fingerprint density at radius 1 is 1.62 bits per heavy atom. The van der Waals surface area contributed by atoms with Crippen LogP contribution in [0.25, 0.3) is 0 Å². The van der Waals surface area contributed by atoms with Crippen LogP contribution in [-0.4, -0.2) is 22.8 Å². The molecule has 1 heterocycles. The van der Waals surface area contributed by atoms with Crippen molar-refractivity contribution in [1.82, 2.24) is 10.3 Å². The van der Waals surface area contributed by atoms with E-state index in [4.69, 9.17) is 11.6 Å². The molecule has 0 aliphatic carbocycles. The van der Waals surface area contributed by atoms with E-state index in [-0.39, 0.29) is 16.7 Å². The third-order valence-corrected chi connectivity index (χ3v) is 3.05. The molecule has 0 saturated heterocycles. The van der Waals surface area contributed by atoms with E-state index in [9.17, 15) is 4.79 Å². The molecule has 1 N–H and O–H groups in total. The highest BCUT2D eigenvalue weighted by molar-refractivity contribution is 7.11. The van der Waals surface area contributed by atoms with Gasteiger partial charge in [0, 0.05) is 6.54 Å². The molecule has 90 valence electrons. The van der Waals surface area contributed by atoms with Gasteiger partial charge in [-0.05, 0) is 11.8 Å². The van der Waals surface area contributed by atoms with Crippen LogP contribution in [0.4, 0.5) is 0 Å². The molecule has 0 saturated carbocycles. The Hall–Kier alpha value is -0.610. The molecule has 0 spiro atoms. The minimum atomic E-state index is -0.0953. The van der Waals surface area contributed by atoms with Gasteiger partial charge in [-0.25, -0.2) is 0 Å². The SMILES string of the molecule is CC(C)(C)CC(Cl)CNC(=O)c1cncs1. The first-order chi connectivity index (χ1) is 7.38. The lowest BCUT2D eigenvalue weighted by Gasteiger charge is -2.21. The number of hydrogen-bond donors (Lipinski definition) is 1. The van der Waals surface area contributed by atoms with Crippen LogP contribution in [0.5, 0.6) is 0 Å². The fraction of sp³-hybridized carbons (Fsp3) is 0.636. The number of carbonyl (C=O) groups is 1. The Morgan fingerprint density at radius 3 is 2.81 bits per heavy atom. The summed E-state index contributed by atoms with van der Waals surface area (Å²) in [7, 11) is 0. The van der Waals surface area contributed by atoms with Crippen LogP contribution in [0.3, 0.4) is 0 Å². The van der Waals surface area contributed by atoms with Crippen molar-refractivity contribution < 1.29 is 4.79 Å². The van der Waals surface area contributed by atoms with E-state index in [2.05, 4.69) is 31.1 Å². The summed E-state index contributed by atoms with van der Waals surface area (Å²) < 4.78 is 0. The molecule has 16 heavy (non-hydrogen) atoms. The van der Waals surface area contributed by atoms with E-state index in [0.29, 0.717) is 11.4 Å². The highest BCUT2D eigenvalue weighted by Gasteiger charge is 2.17. The minimum Gasteiger partial charge on any atom is -0.350 e. The molecule has 1 unspecified atom stereocenters. The number of hydrogen-bond acceptors (Lipinski definition) is 3. The van der Waals surface area contributed by atoms with Gasteiger partial charge in [-0.3, -0.25) is 9.78 Å². The van der Waals surface area contributed by atoms with E-state index in [0.717, 1.165) is 6.42 Å². The number of amides is 1. The zero-order chi connectivity index (χ0) is 12.2. The quantitative estimate of drug-likeness (QED) is 0.846. The lowest BCUT2D eigenvalue weighted by Crippen LogP contribution is -2.31. The fourth-order valence-electron chi connectivity index (χ4n) is 1.36. The van der Waals surface area contributed by atoms with Gasteiger partial charge in [0.1, 0.15) is 4.88 Å². The normalized spacial score (nSPS) is 13.5. The van der Waals surface area contributed by atoms with Crippen molar-refractivity contribution in [3.8, 4) is 0 Å². The molecule has 0 bridgehead atoms. The molecule has 0 fully saturated rings. The van der Waals surface area contributed by atoms with Crippen molar-refractivity contribution in [3.63, 3.8) is 0 Å². The van der Waals surface area contributed by atoms with Crippen molar-refractivity contribution >= 4 is 28.8 Å². The van der Waals surface area contributed by atoms with Crippen LogP contribution in [0, 0.1) is 5.41 Å². The first kappa shape index (κ1) is 13.5. The Labute approximate surface area is 105 Å². The van der Waals surface area contributed by atoms with E-state index in [1.807, 2.05) is 0 Å². The third-order valence-electron chi connectivity index (χ3n) is 1.97. The summed E-state index contributed by atoms with van der Waals surface area (Å²) in [5, 5.41) is 2.78. The van der Waals surface area contributed by atoms with Crippen molar-refractivity contribution in [2.45, 2.75) is 32.6 Å². The Kier molecular flexibility index (Phi) is 4.74. The molecular formula is C11H17ClN2OS. The zero-order valence-electron chi connectivity index (χ0n) is 9.79. The lowest BCUT2D eigenvalue weighted by molar-refractivity contribution is 0.0956. The van der Waals surface area contributed by atoms with Crippen LogP contribution in [0.2, 0.25) is 0 Å². The molecule has 1 aromatic rings. The minimum absolute atomic E-state index is 0.0307. The number of halogens is 1. The topological polar surface area (TPSA) is 42.0 Å². The van der Waals surface area contributed by atoms with Gasteiger partial charge < -0.3 is 5.32 Å². The van der Waals surface area contributed by atoms with E-state index < -0.39 is 0 Å². The summed E-state index contributed by atoms with van der Waals surface area (Å²) in [6.07, 6.45) is 2.44. The smallest absolute Gasteiger partial charge is 0.263 e. The van der Waals surface area contributed by atoms with Gasteiger partial charge >= 0.3 is 0 Å². The van der Waals surface area contributed by atoms with Crippen molar-refractivity contribution in [2.24, 2.45) is 5.41 Å². The number of nitrogens with one attached hydrogen (secondary N) is 1. The van der Waals surface area contributed by atoms with Crippen LogP contribution >= 0.6 is 22.9 Å². The molecular weight excluding hydrogens is 244 g/mol. The molecule has 3 nitrogen and oxygen atoms in total. The number of rotatable bonds is 4. The van der Waals surface area contributed by atoms with Gasteiger partial charge in [0.25, 0.3) is 5.91 Å². The van der Waals surface area contributed by atoms with Crippen LogP contribution < -0.4 is 5.32 Å². The monoisotopic (exact) mass is 260 g/mol. The highest BCUT2D eigenvalue weighted by Crippen LogP contribution is 2.23. The fourth-order valence-corrected chi connectivity index (χ4v) is 2.43. The van der Waals surface area contributed by atoms with Crippen LogP contribution in [0.15, 0.2) is 11.7 Å². The Balaban J connectivity index is 2.32. The first-order valence-corrected chi connectivity index (χ1v) is 6.51. The van der Waals surface area contributed by atoms with Crippen LogP contribution in [0.1, 0.15) is 36.9 Å². The standard InChI is InChI=1S/C11H17ClN2OS/c1-11(2,3)4-8(12)5-14-10(15)9-6-13-7-16-9/h6-8H,4-5H2,1-3H3,(H,14,15). The Morgan fingerprint density at radius 2 is 2.31 bits per heavy atom. The number of thiazole rings is 1. The second-order valence-electron chi connectivity index (χ2n) is 4.94. The summed E-state index contributed by atoms with van der Waals surface area (Å²) in [4.78, 5) is 16.1. The second-order valence-corrected chi connectivity index (χ2v) is 6.44. The maximum Gasteiger partial charge on any atom is 0.263 e. The molecule has 1 amide bonds. The number of aromatic nitrogens is 1. The molecule has 1 atom stereocenters. The van der Waals surface area contributed by atoms with E-state index in [1.54, 1.807) is 11.7 Å². The first-order valence-electron chi connectivity index (χ1n) is 5.19. The second kappa shape index (κ2) is 5.64. The molecule has 0 aromatic carbocycles. The average Bonchev–Trinajstić information content (AvgIpc) is 2.64. The summed E-state index contributed by atoms with van der Waals surface area (Å²) in [6.45, 7) is 6.89. The van der Waals surface area contributed by atoms with E-state index in [1.165, 1.54) is 11.3 Å². The molecule has 1 aromatic heterocycles. The molecule has 5 heteroatoms. The van der Waals surface area contributed by atoms with Gasteiger partial charge in [-0.15, -0.1) is 22.9 Å². The summed E-state index contributed by atoms with van der Waals surface area (Å²) in [6, 6.07) is 0. The number of nitrogens with zero attached hydrogens (tertiary/aromatic N) is 1. The molecule has 0 aliphatic heterocycles. The molecule has 1 rings (SSSR count). The highest BCUT2D eigenvalue weighted by atomic mass is 35.5. The summed E-state index contributed by atoms with van der Waals surface area (Å²) in [5.41, 5.74) is 1.82. The van der Waals surface area contributed by atoms with Gasteiger partial charge in [0.2, 0.25) is 0 Å². The predicted octanol–water partition coefficient (Wildman–Crippen LogP) is 2.92. The van der Waals surface area contributed by atoms with Crippen molar-refractivity contribution in [3.05, 3.63) is 16.6 Å². The summed E-state index contributed by atoms with van der Waals surface area (Å²) in [5.74, 6) is -0.0953. The Bertz CT molecular complexity index is 332. The van der Waals surface area contributed by atoms with Gasteiger partial charge in [0.05, 0.1) is 17.1 Å². The summed E-state index contributed by atoms with van der Waals surface area (Å²) >= 11 is 7.47. The van der Waals surface area contributed by atoms with Gasteiger partial charge in [-0.1, -0.05) is 20.8 Å². The molecule has 0 aliphatic rings. The maximum absolute atomic E-state index is 11.6. The number of alkyl halides is 1.